The van der Waals surface area contributed by atoms with Crippen LogP contribution in [0.15, 0.2) is 29.6 Å². The number of esters is 2. The molecule has 0 saturated carbocycles. The van der Waals surface area contributed by atoms with Crippen LogP contribution in [0.1, 0.15) is 38.8 Å². The normalized spacial score (nSPS) is 27.4. The molecule has 3 atom stereocenters. The molecule has 1 N–H and O–H groups in total. The van der Waals surface area contributed by atoms with Crippen LogP contribution < -0.4 is 10.1 Å². The molecule has 2 saturated heterocycles. The number of para-hydroxylation sites is 2. The van der Waals surface area contributed by atoms with E-state index < -0.39 is 29.1 Å². The molecule has 31 heavy (non-hydrogen) atoms. The molecule has 3 heterocycles. The number of carbonyl (C=O) groups excluding carboxylic acids is 2. The van der Waals surface area contributed by atoms with E-state index in [0.29, 0.717) is 23.2 Å². The van der Waals surface area contributed by atoms with Gasteiger partial charge in [0.25, 0.3) is 0 Å². The molecule has 1 spiro atoms. The predicted octanol–water partition coefficient (Wildman–Crippen LogP) is 3.79. The van der Waals surface area contributed by atoms with Crippen LogP contribution in [0.5, 0.6) is 5.75 Å². The topological polar surface area (TPSA) is 96.0 Å². The third-order valence-electron chi connectivity index (χ3n) is 5.64. The Balaban J connectivity index is 1.50. The van der Waals surface area contributed by atoms with Crippen molar-refractivity contribution in [2.45, 2.75) is 44.8 Å². The van der Waals surface area contributed by atoms with E-state index in [9.17, 15) is 9.59 Å². The SMILES string of the molecule is CCCOC[C@@H]1C[C@]2(C[C@](C)(c3csc(Nc4ccccc4OC)n3)OC2=O)C(=O)O1. The van der Waals surface area contributed by atoms with Crippen molar-refractivity contribution in [3.63, 3.8) is 0 Å². The molecule has 2 aromatic rings. The highest BCUT2D eigenvalue weighted by Gasteiger charge is 2.65. The summed E-state index contributed by atoms with van der Waals surface area (Å²) in [6, 6.07) is 7.53. The van der Waals surface area contributed by atoms with Gasteiger partial charge in [-0.25, -0.2) is 4.98 Å². The fourth-order valence-corrected chi connectivity index (χ4v) is 4.95. The standard InChI is InChI=1S/C22H26N2O6S/c1-4-9-28-11-14-10-22(18(25)29-14)13-21(2,30-19(22)26)17-12-31-20(24-17)23-15-7-5-6-8-16(15)27-3/h5-8,12,14H,4,9-11,13H2,1-3H3,(H,23,24)/t14-,21+,22-/m0/s1. The predicted molar refractivity (Wildman–Crippen MR) is 114 cm³/mol. The number of hydrogen-bond acceptors (Lipinski definition) is 9. The molecule has 0 bridgehead atoms. The van der Waals surface area contributed by atoms with E-state index in [4.69, 9.17) is 18.9 Å². The Labute approximate surface area is 184 Å². The van der Waals surface area contributed by atoms with E-state index in [1.54, 1.807) is 14.0 Å². The summed E-state index contributed by atoms with van der Waals surface area (Å²) < 4.78 is 22.1. The summed E-state index contributed by atoms with van der Waals surface area (Å²) >= 11 is 1.39. The molecule has 8 nitrogen and oxygen atoms in total. The number of nitrogens with one attached hydrogen (secondary N) is 1. The third kappa shape index (κ3) is 3.99. The van der Waals surface area contributed by atoms with Gasteiger partial charge in [0.05, 0.1) is 25.1 Å². The van der Waals surface area contributed by atoms with Crippen molar-refractivity contribution >= 4 is 34.1 Å². The monoisotopic (exact) mass is 446 g/mol. The second-order valence-electron chi connectivity index (χ2n) is 8.05. The minimum absolute atomic E-state index is 0.194. The molecule has 9 heteroatoms. The molecule has 4 rings (SSSR count). The zero-order chi connectivity index (χ0) is 22.1. The van der Waals surface area contributed by atoms with Crippen molar-refractivity contribution in [2.75, 3.05) is 25.6 Å². The number of hydrogen-bond donors (Lipinski definition) is 1. The van der Waals surface area contributed by atoms with Gasteiger partial charge in [0.1, 0.15) is 11.9 Å². The number of cyclic esters (lactones) is 2. The number of benzene rings is 1. The highest BCUT2D eigenvalue weighted by atomic mass is 32.1. The summed E-state index contributed by atoms with van der Waals surface area (Å²) in [7, 11) is 1.60. The summed E-state index contributed by atoms with van der Waals surface area (Å²) in [5.74, 6) is -0.388. The van der Waals surface area contributed by atoms with Gasteiger partial charge in [0, 0.05) is 24.8 Å². The Morgan fingerprint density at radius 2 is 2.10 bits per heavy atom. The zero-order valence-corrected chi connectivity index (χ0v) is 18.6. The molecular formula is C22H26N2O6S. The molecule has 0 radical (unpaired) electrons. The van der Waals surface area contributed by atoms with Gasteiger partial charge >= 0.3 is 11.9 Å². The molecule has 1 aromatic heterocycles. The molecule has 2 aliphatic rings. The summed E-state index contributed by atoms with van der Waals surface area (Å²) in [5.41, 5.74) is -0.926. The van der Waals surface area contributed by atoms with Crippen LogP contribution in [-0.4, -0.2) is 43.4 Å². The number of nitrogens with zero attached hydrogens (tertiary/aromatic N) is 1. The van der Waals surface area contributed by atoms with Gasteiger partial charge < -0.3 is 24.3 Å². The van der Waals surface area contributed by atoms with Crippen LogP contribution in [-0.2, 0) is 29.4 Å². The largest absolute Gasteiger partial charge is 0.495 e. The quantitative estimate of drug-likeness (QED) is 0.372. The maximum atomic E-state index is 12.8. The minimum Gasteiger partial charge on any atom is -0.495 e. The zero-order valence-electron chi connectivity index (χ0n) is 17.8. The Bertz CT molecular complexity index is 978. The average molecular weight is 447 g/mol. The van der Waals surface area contributed by atoms with Crippen molar-refractivity contribution < 1.29 is 28.5 Å². The number of methoxy groups -OCH3 is 1. The Morgan fingerprint density at radius 3 is 2.87 bits per heavy atom. The Hall–Kier alpha value is -2.65. The first-order valence-corrected chi connectivity index (χ1v) is 11.2. The van der Waals surface area contributed by atoms with E-state index in [-0.39, 0.29) is 19.4 Å². The van der Waals surface area contributed by atoms with E-state index in [1.165, 1.54) is 11.3 Å². The lowest BCUT2D eigenvalue weighted by atomic mass is 9.78. The maximum absolute atomic E-state index is 12.8. The van der Waals surface area contributed by atoms with Crippen LogP contribution in [0.2, 0.25) is 0 Å². The Morgan fingerprint density at radius 1 is 1.29 bits per heavy atom. The molecule has 166 valence electrons. The lowest BCUT2D eigenvalue weighted by Gasteiger charge is -2.20. The fourth-order valence-electron chi connectivity index (χ4n) is 4.11. The van der Waals surface area contributed by atoms with E-state index >= 15 is 0 Å². The summed E-state index contributed by atoms with van der Waals surface area (Å²) in [6.07, 6.45) is 0.897. The van der Waals surface area contributed by atoms with Crippen molar-refractivity contribution in [2.24, 2.45) is 5.41 Å². The molecule has 0 aliphatic carbocycles. The van der Waals surface area contributed by atoms with E-state index in [2.05, 4.69) is 10.3 Å². The van der Waals surface area contributed by atoms with E-state index in [1.807, 2.05) is 36.6 Å². The number of ether oxygens (including phenoxy) is 4. The van der Waals surface area contributed by atoms with Gasteiger partial charge in [0.15, 0.2) is 16.1 Å². The fraction of sp³-hybridized carbons (Fsp3) is 0.500. The molecule has 2 aliphatic heterocycles. The van der Waals surface area contributed by atoms with Gasteiger partial charge in [-0.15, -0.1) is 11.3 Å². The Kier molecular flexibility index (Phi) is 5.90. The number of rotatable bonds is 8. The number of thiazole rings is 1. The molecule has 0 amide bonds. The van der Waals surface area contributed by atoms with Crippen molar-refractivity contribution in [3.05, 3.63) is 35.3 Å². The van der Waals surface area contributed by atoms with Gasteiger partial charge in [0.2, 0.25) is 0 Å². The van der Waals surface area contributed by atoms with Crippen LogP contribution in [0, 0.1) is 5.41 Å². The summed E-state index contributed by atoms with van der Waals surface area (Å²) in [4.78, 5) is 30.1. The third-order valence-corrected chi connectivity index (χ3v) is 6.39. The van der Waals surface area contributed by atoms with Gasteiger partial charge in [-0.1, -0.05) is 19.1 Å². The first kappa shape index (κ1) is 21.6. The van der Waals surface area contributed by atoms with Gasteiger partial charge in [-0.05, 0) is 25.5 Å². The average Bonchev–Trinajstić information content (AvgIpc) is 3.41. The highest BCUT2D eigenvalue weighted by Crippen LogP contribution is 2.52. The minimum atomic E-state index is -1.30. The molecule has 1 aromatic carbocycles. The highest BCUT2D eigenvalue weighted by molar-refractivity contribution is 7.13. The summed E-state index contributed by atoms with van der Waals surface area (Å²) in [5, 5.41) is 5.71. The van der Waals surface area contributed by atoms with Crippen LogP contribution in [0.25, 0.3) is 0 Å². The maximum Gasteiger partial charge on any atom is 0.324 e. The molecule has 2 fully saturated rings. The van der Waals surface area contributed by atoms with Crippen LogP contribution >= 0.6 is 11.3 Å². The van der Waals surface area contributed by atoms with Crippen LogP contribution in [0.3, 0.4) is 0 Å². The first-order chi connectivity index (χ1) is 14.9. The summed E-state index contributed by atoms with van der Waals surface area (Å²) in [6.45, 7) is 4.67. The second kappa shape index (κ2) is 8.47. The number of anilines is 2. The van der Waals surface area contributed by atoms with Gasteiger partial charge in [-0.3, -0.25) is 9.59 Å². The molecular weight excluding hydrogens is 420 g/mol. The number of aromatic nitrogens is 1. The second-order valence-corrected chi connectivity index (χ2v) is 8.91. The van der Waals surface area contributed by atoms with Crippen LogP contribution in [0.4, 0.5) is 10.8 Å². The van der Waals surface area contributed by atoms with E-state index in [0.717, 1.165) is 12.1 Å². The lowest BCUT2D eigenvalue weighted by Crippen LogP contribution is -2.32. The smallest absolute Gasteiger partial charge is 0.324 e. The molecule has 0 unspecified atom stereocenters. The van der Waals surface area contributed by atoms with Crippen molar-refractivity contribution in [1.29, 1.82) is 0 Å². The van der Waals surface area contributed by atoms with Crippen molar-refractivity contribution in [1.82, 2.24) is 4.98 Å². The number of carbonyl (C=O) groups is 2. The first-order valence-electron chi connectivity index (χ1n) is 10.3. The van der Waals surface area contributed by atoms with Crippen molar-refractivity contribution in [3.8, 4) is 5.75 Å². The lowest BCUT2D eigenvalue weighted by molar-refractivity contribution is -0.160. The van der Waals surface area contributed by atoms with Gasteiger partial charge in [-0.2, -0.15) is 0 Å².